The number of amidine groups is 1. The van der Waals surface area contributed by atoms with Gasteiger partial charge in [0.1, 0.15) is 11.9 Å². The average Bonchev–Trinajstić information content (AvgIpc) is 2.85. The van der Waals surface area contributed by atoms with Gasteiger partial charge in [-0.25, -0.2) is 0 Å². The third-order valence-electron chi connectivity index (χ3n) is 6.18. The molecule has 0 spiro atoms. The highest BCUT2D eigenvalue weighted by atomic mass is 16.2. The maximum atomic E-state index is 13.6. The van der Waals surface area contributed by atoms with Crippen LogP contribution in [-0.2, 0) is 17.8 Å². The first kappa shape index (κ1) is 22.8. The second-order valence-electron chi connectivity index (χ2n) is 8.69. The first-order valence-electron chi connectivity index (χ1n) is 12.0. The van der Waals surface area contributed by atoms with E-state index in [0.29, 0.717) is 19.5 Å². The molecule has 0 fully saturated rings. The number of nitrogens with zero attached hydrogens (tertiary/aromatic N) is 2. The number of unbranched alkanes of at least 4 members (excludes halogenated alkanes) is 1. The molecule has 3 aromatic rings. The van der Waals surface area contributed by atoms with Crippen molar-refractivity contribution in [2.24, 2.45) is 4.99 Å². The van der Waals surface area contributed by atoms with E-state index < -0.39 is 0 Å². The molecular formula is C29H33N3O. The maximum Gasteiger partial charge on any atom is 0.243 e. The van der Waals surface area contributed by atoms with Crippen LogP contribution in [0, 0.1) is 6.92 Å². The number of rotatable bonds is 9. The van der Waals surface area contributed by atoms with E-state index in [1.54, 1.807) is 0 Å². The Labute approximate surface area is 197 Å². The summed E-state index contributed by atoms with van der Waals surface area (Å²) in [6.07, 6.45) is 3.57. The number of aliphatic imine (C=N–C) groups is 1. The largest absolute Gasteiger partial charge is 0.354 e. The quantitative estimate of drug-likeness (QED) is 0.436. The Morgan fingerprint density at radius 3 is 2.48 bits per heavy atom. The summed E-state index contributed by atoms with van der Waals surface area (Å²) in [7, 11) is 0. The van der Waals surface area contributed by atoms with Gasteiger partial charge in [0, 0.05) is 17.8 Å². The van der Waals surface area contributed by atoms with Crippen molar-refractivity contribution in [3.8, 4) is 0 Å². The number of amides is 1. The van der Waals surface area contributed by atoms with Crippen LogP contribution in [-0.4, -0.2) is 24.3 Å². The molecule has 0 aliphatic carbocycles. The van der Waals surface area contributed by atoms with Gasteiger partial charge in [0.15, 0.2) is 0 Å². The van der Waals surface area contributed by atoms with Crippen LogP contribution in [0.4, 0.5) is 5.69 Å². The number of aryl methyl sites for hydroxylation is 2. The van der Waals surface area contributed by atoms with Gasteiger partial charge in [-0.1, -0.05) is 91.7 Å². The monoisotopic (exact) mass is 439 g/mol. The van der Waals surface area contributed by atoms with Crippen molar-refractivity contribution < 1.29 is 4.79 Å². The van der Waals surface area contributed by atoms with Gasteiger partial charge in [-0.15, -0.1) is 0 Å². The third kappa shape index (κ3) is 5.51. The van der Waals surface area contributed by atoms with Crippen LogP contribution in [0.5, 0.6) is 0 Å². The Hall–Kier alpha value is -3.40. The van der Waals surface area contributed by atoms with Crippen molar-refractivity contribution in [2.75, 3.05) is 11.4 Å². The summed E-state index contributed by atoms with van der Waals surface area (Å²) in [6.45, 7) is 5.55. The van der Waals surface area contributed by atoms with E-state index in [4.69, 9.17) is 4.99 Å². The zero-order valence-electron chi connectivity index (χ0n) is 19.6. The topological polar surface area (TPSA) is 44.7 Å². The van der Waals surface area contributed by atoms with Gasteiger partial charge in [-0.3, -0.25) is 9.79 Å². The van der Waals surface area contributed by atoms with Crippen LogP contribution >= 0.6 is 0 Å². The molecule has 4 rings (SSSR count). The van der Waals surface area contributed by atoms with Crippen LogP contribution in [0.25, 0.3) is 0 Å². The van der Waals surface area contributed by atoms with Crippen LogP contribution in [0.3, 0.4) is 0 Å². The summed E-state index contributed by atoms with van der Waals surface area (Å²) in [4.78, 5) is 20.7. The number of carbonyl (C=O) groups is 1. The lowest BCUT2D eigenvalue weighted by Crippen LogP contribution is -2.52. The highest BCUT2D eigenvalue weighted by Gasteiger charge is 2.33. The Balaban J connectivity index is 1.72. The van der Waals surface area contributed by atoms with E-state index in [1.807, 2.05) is 18.2 Å². The zero-order valence-corrected chi connectivity index (χ0v) is 19.6. The van der Waals surface area contributed by atoms with Crippen LogP contribution < -0.4 is 10.2 Å². The van der Waals surface area contributed by atoms with Crippen molar-refractivity contribution in [1.29, 1.82) is 0 Å². The molecule has 1 unspecified atom stereocenters. The summed E-state index contributed by atoms with van der Waals surface area (Å²) in [5.41, 5.74) is 5.72. The molecule has 170 valence electrons. The number of para-hydroxylation sites is 1. The second kappa shape index (κ2) is 11.0. The minimum Gasteiger partial charge on any atom is -0.354 e. The normalized spacial score (nSPS) is 13.8. The Kier molecular flexibility index (Phi) is 7.56. The Morgan fingerprint density at radius 1 is 1.00 bits per heavy atom. The first-order chi connectivity index (χ1) is 16.2. The fourth-order valence-electron chi connectivity index (χ4n) is 4.31. The summed E-state index contributed by atoms with van der Waals surface area (Å²) in [6, 6.07) is 26.8. The molecule has 1 aliphatic rings. The molecule has 1 amide bonds. The summed E-state index contributed by atoms with van der Waals surface area (Å²) < 4.78 is 0. The summed E-state index contributed by atoms with van der Waals surface area (Å²) in [5, 5.41) is 3.19. The smallest absolute Gasteiger partial charge is 0.243 e. The molecule has 1 aliphatic heterocycles. The van der Waals surface area contributed by atoms with E-state index in [1.165, 1.54) is 11.1 Å². The summed E-state index contributed by atoms with van der Waals surface area (Å²) >= 11 is 0. The molecular weight excluding hydrogens is 406 g/mol. The number of nitrogens with one attached hydrogen (secondary N) is 1. The molecule has 4 heteroatoms. The van der Waals surface area contributed by atoms with Gasteiger partial charge >= 0.3 is 0 Å². The molecule has 3 aromatic carbocycles. The van der Waals surface area contributed by atoms with E-state index in [2.05, 4.69) is 84.7 Å². The second-order valence-corrected chi connectivity index (χ2v) is 8.69. The Bertz CT molecular complexity index is 1090. The van der Waals surface area contributed by atoms with E-state index in [0.717, 1.165) is 41.9 Å². The highest BCUT2D eigenvalue weighted by Crippen LogP contribution is 2.31. The molecule has 0 aromatic heterocycles. The van der Waals surface area contributed by atoms with Gasteiger partial charge in [-0.2, -0.15) is 0 Å². The van der Waals surface area contributed by atoms with Crippen molar-refractivity contribution >= 4 is 17.4 Å². The number of hydrogen-bond acceptors (Lipinski definition) is 3. The van der Waals surface area contributed by atoms with Crippen molar-refractivity contribution in [3.63, 3.8) is 0 Å². The van der Waals surface area contributed by atoms with E-state index in [-0.39, 0.29) is 11.9 Å². The molecule has 33 heavy (non-hydrogen) atoms. The van der Waals surface area contributed by atoms with E-state index in [9.17, 15) is 4.79 Å². The Morgan fingerprint density at radius 2 is 1.73 bits per heavy atom. The van der Waals surface area contributed by atoms with Crippen molar-refractivity contribution in [1.82, 2.24) is 5.32 Å². The van der Waals surface area contributed by atoms with Crippen molar-refractivity contribution in [3.05, 3.63) is 101 Å². The standard InChI is InChI=1S/C29H33N3O/c1-3-4-20-30-29(33)27(19-16-23-10-6-5-7-11-23)32-26-13-9-8-12-25(26)21-31-28(32)24-17-14-22(2)15-18-24/h5-15,17-18,27H,3-4,16,19-21H2,1-2H3,(H,30,33). The van der Waals surface area contributed by atoms with Gasteiger partial charge in [0.25, 0.3) is 0 Å². The molecule has 1 heterocycles. The molecule has 1 N–H and O–H groups in total. The van der Waals surface area contributed by atoms with Gasteiger partial charge in [0.2, 0.25) is 5.91 Å². The van der Waals surface area contributed by atoms with Crippen LogP contribution in [0.1, 0.15) is 48.4 Å². The number of anilines is 1. The predicted molar refractivity (Wildman–Crippen MR) is 137 cm³/mol. The number of benzene rings is 3. The number of fused-ring (bicyclic) bond motifs is 1. The van der Waals surface area contributed by atoms with Crippen LogP contribution in [0.15, 0.2) is 83.9 Å². The molecule has 0 radical (unpaired) electrons. The molecule has 0 saturated heterocycles. The predicted octanol–water partition coefficient (Wildman–Crippen LogP) is 5.68. The zero-order chi connectivity index (χ0) is 23.0. The number of hydrogen-bond donors (Lipinski definition) is 1. The van der Waals surface area contributed by atoms with Gasteiger partial charge < -0.3 is 10.2 Å². The van der Waals surface area contributed by atoms with Crippen LogP contribution in [0.2, 0.25) is 0 Å². The number of carbonyl (C=O) groups excluding carboxylic acids is 1. The highest BCUT2D eigenvalue weighted by molar-refractivity contribution is 6.14. The third-order valence-corrected chi connectivity index (χ3v) is 6.18. The van der Waals surface area contributed by atoms with Crippen molar-refractivity contribution in [2.45, 2.75) is 52.1 Å². The molecule has 0 saturated carbocycles. The van der Waals surface area contributed by atoms with E-state index >= 15 is 0 Å². The first-order valence-corrected chi connectivity index (χ1v) is 12.0. The SMILES string of the molecule is CCCCNC(=O)C(CCc1ccccc1)N1C(c2ccc(C)cc2)=NCc2ccccc21. The lowest BCUT2D eigenvalue weighted by atomic mass is 9.98. The molecule has 0 bridgehead atoms. The molecule has 1 atom stereocenters. The fraction of sp³-hybridized carbons (Fsp3) is 0.310. The molecule has 4 nitrogen and oxygen atoms in total. The lowest BCUT2D eigenvalue weighted by molar-refractivity contribution is -0.122. The van der Waals surface area contributed by atoms with Gasteiger partial charge in [0.05, 0.1) is 6.54 Å². The van der Waals surface area contributed by atoms with Gasteiger partial charge in [-0.05, 0) is 43.4 Å². The lowest BCUT2D eigenvalue weighted by Gasteiger charge is -2.37. The average molecular weight is 440 g/mol. The minimum atomic E-state index is -0.344. The summed E-state index contributed by atoms with van der Waals surface area (Å²) in [5.74, 6) is 0.938. The minimum absolute atomic E-state index is 0.0656. The maximum absolute atomic E-state index is 13.6. The fourth-order valence-corrected chi connectivity index (χ4v) is 4.31.